The first-order valence-corrected chi connectivity index (χ1v) is 7.35. The predicted molar refractivity (Wildman–Crippen MR) is 82.1 cm³/mol. The van der Waals surface area contributed by atoms with Gasteiger partial charge in [0.05, 0.1) is 10.7 Å². The number of alkyl halides is 3. The molecule has 0 aliphatic carbocycles. The van der Waals surface area contributed by atoms with Gasteiger partial charge in [-0.15, -0.1) is 11.6 Å². The number of pyridine rings is 1. The van der Waals surface area contributed by atoms with Crippen LogP contribution in [0.1, 0.15) is 19.8 Å². The van der Waals surface area contributed by atoms with Gasteiger partial charge in [0.25, 0.3) is 5.91 Å². The van der Waals surface area contributed by atoms with Gasteiger partial charge in [0.15, 0.2) is 5.82 Å². The van der Waals surface area contributed by atoms with Crippen molar-refractivity contribution < 1.29 is 18.4 Å². The molecule has 0 saturated heterocycles. The van der Waals surface area contributed by atoms with E-state index in [0.29, 0.717) is 19.2 Å². The molecule has 122 valence electrons. The fraction of sp³-hybridized carbons (Fsp3) is 0.417. The monoisotopic (exact) mass is 373 g/mol. The van der Waals surface area contributed by atoms with Crippen molar-refractivity contribution in [2.45, 2.75) is 25.7 Å². The fourth-order valence-corrected chi connectivity index (χ4v) is 1.74. The maximum atomic E-state index is 12.9. The number of nitrogens with zero attached hydrogens (tertiary/aromatic N) is 1. The Morgan fingerprint density at radius 3 is 2.50 bits per heavy atom. The number of hydrogen-bond donors (Lipinski definition) is 2. The molecule has 1 rings (SSSR count). The van der Waals surface area contributed by atoms with Gasteiger partial charge in [0.1, 0.15) is 5.15 Å². The van der Waals surface area contributed by atoms with E-state index in [9.17, 15) is 18.4 Å². The van der Waals surface area contributed by atoms with Gasteiger partial charge in [-0.2, -0.15) is 8.78 Å². The number of carbonyl (C=O) groups is 2. The molecule has 0 aliphatic rings. The topological polar surface area (TPSA) is 71.1 Å². The Morgan fingerprint density at radius 2 is 1.95 bits per heavy atom. The number of amides is 2. The lowest BCUT2D eigenvalue weighted by Crippen LogP contribution is -2.32. The summed E-state index contributed by atoms with van der Waals surface area (Å²) in [6, 6.07) is 1.21. The van der Waals surface area contributed by atoms with Crippen molar-refractivity contribution in [2.24, 2.45) is 0 Å². The number of rotatable bonds is 6. The minimum atomic E-state index is -3.62. The second-order valence-electron chi connectivity index (χ2n) is 4.34. The number of aromatic nitrogens is 1. The fourth-order valence-electron chi connectivity index (χ4n) is 1.31. The second-order valence-corrected chi connectivity index (χ2v) is 5.48. The van der Waals surface area contributed by atoms with E-state index in [-0.39, 0.29) is 28.1 Å². The summed E-state index contributed by atoms with van der Waals surface area (Å²) >= 11 is 16.9. The van der Waals surface area contributed by atoms with Crippen LogP contribution in [0, 0.1) is 0 Å². The number of hydrogen-bond acceptors (Lipinski definition) is 3. The lowest BCUT2D eigenvalue weighted by molar-refractivity contribution is -0.137. The molecule has 10 heteroatoms. The van der Waals surface area contributed by atoms with Gasteiger partial charge < -0.3 is 10.6 Å². The van der Waals surface area contributed by atoms with Crippen molar-refractivity contribution in [3.63, 3.8) is 0 Å². The summed E-state index contributed by atoms with van der Waals surface area (Å²) in [6.45, 7) is 0.429. The third-order valence-corrected chi connectivity index (χ3v) is 3.32. The number of halogens is 5. The number of carbonyl (C=O) groups excluding carboxylic acids is 2. The standard InChI is InChI=1S/C12H12Cl3F2N3O2/c1-12(16,17)11(22)20-10-7(5-6(14)9(15)19-10)18-8(21)3-2-4-13/h5H,2-4H2,1H3,(H,18,21)(H,19,20,22). The molecule has 0 saturated carbocycles. The maximum absolute atomic E-state index is 12.9. The van der Waals surface area contributed by atoms with Crippen molar-refractivity contribution >= 4 is 58.1 Å². The Bertz CT molecular complexity index is 579. The van der Waals surface area contributed by atoms with Crippen LogP contribution < -0.4 is 10.6 Å². The van der Waals surface area contributed by atoms with Crippen molar-refractivity contribution in [1.82, 2.24) is 4.98 Å². The first-order chi connectivity index (χ1) is 10.1. The van der Waals surface area contributed by atoms with E-state index in [0.717, 1.165) is 0 Å². The molecular formula is C12H12Cl3F2N3O2. The van der Waals surface area contributed by atoms with E-state index >= 15 is 0 Å². The van der Waals surface area contributed by atoms with Gasteiger partial charge in [0.2, 0.25) is 5.91 Å². The molecule has 22 heavy (non-hydrogen) atoms. The minimum absolute atomic E-state index is 0.00410. The number of nitrogens with one attached hydrogen (secondary N) is 2. The molecule has 5 nitrogen and oxygen atoms in total. The van der Waals surface area contributed by atoms with Crippen LogP contribution in [0.25, 0.3) is 0 Å². The molecular weight excluding hydrogens is 363 g/mol. The molecule has 0 fully saturated rings. The molecule has 1 heterocycles. The predicted octanol–water partition coefficient (Wildman–Crippen LogP) is 3.94. The molecule has 0 aromatic carbocycles. The lowest BCUT2D eigenvalue weighted by atomic mass is 10.3. The highest BCUT2D eigenvalue weighted by Gasteiger charge is 2.33. The van der Waals surface area contributed by atoms with Crippen molar-refractivity contribution in [2.75, 3.05) is 16.5 Å². The van der Waals surface area contributed by atoms with Gasteiger partial charge in [-0.1, -0.05) is 23.2 Å². The Hall–Kier alpha value is -1.18. The van der Waals surface area contributed by atoms with Crippen LogP contribution in [-0.4, -0.2) is 28.6 Å². The van der Waals surface area contributed by atoms with Gasteiger partial charge in [-0.3, -0.25) is 9.59 Å². The lowest BCUT2D eigenvalue weighted by Gasteiger charge is -2.15. The van der Waals surface area contributed by atoms with Gasteiger partial charge in [-0.05, 0) is 12.5 Å². The molecule has 0 unspecified atom stereocenters. The highest BCUT2D eigenvalue weighted by atomic mass is 35.5. The molecule has 1 aromatic heterocycles. The van der Waals surface area contributed by atoms with E-state index < -0.39 is 17.7 Å². The van der Waals surface area contributed by atoms with Crippen molar-refractivity contribution in [3.05, 3.63) is 16.2 Å². The summed E-state index contributed by atoms with van der Waals surface area (Å²) in [5.74, 6) is -5.67. The van der Waals surface area contributed by atoms with E-state index in [1.807, 2.05) is 5.32 Å². The number of anilines is 2. The molecule has 2 amide bonds. The Morgan fingerprint density at radius 1 is 1.32 bits per heavy atom. The quantitative estimate of drug-likeness (QED) is 0.585. The zero-order valence-electron chi connectivity index (χ0n) is 11.4. The summed E-state index contributed by atoms with van der Waals surface area (Å²) in [4.78, 5) is 26.7. The van der Waals surface area contributed by atoms with Crippen molar-refractivity contribution in [3.8, 4) is 0 Å². The van der Waals surface area contributed by atoms with Gasteiger partial charge in [0, 0.05) is 19.2 Å². The van der Waals surface area contributed by atoms with E-state index in [1.165, 1.54) is 6.07 Å². The molecule has 0 aliphatic heterocycles. The van der Waals surface area contributed by atoms with E-state index in [4.69, 9.17) is 34.8 Å². The average Bonchev–Trinajstić information content (AvgIpc) is 2.40. The Kier molecular flexibility index (Phi) is 6.77. The molecule has 1 aromatic rings. The highest BCUT2D eigenvalue weighted by molar-refractivity contribution is 6.41. The van der Waals surface area contributed by atoms with Crippen LogP contribution in [0.15, 0.2) is 6.07 Å². The summed E-state index contributed by atoms with van der Waals surface area (Å²) in [6.07, 6.45) is 0.540. The molecule has 0 radical (unpaired) electrons. The maximum Gasteiger partial charge on any atom is 0.322 e. The largest absolute Gasteiger partial charge is 0.323 e. The second kappa shape index (κ2) is 7.89. The molecule has 0 bridgehead atoms. The van der Waals surface area contributed by atoms with Crippen LogP contribution in [0.2, 0.25) is 10.2 Å². The molecule has 0 spiro atoms. The third kappa shape index (κ3) is 5.55. The van der Waals surface area contributed by atoms with Gasteiger partial charge >= 0.3 is 5.92 Å². The minimum Gasteiger partial charge on any atom is -0.323 e. The first-order valence-electron chi connectivity index (χ1n) is 6.06. The average molecular weight is 375 g/mol. The van der Waals surface area contributed by atoms with Crippen LogP contribution in [0.4, 0.5) is 20.3 Å². The van der Waals surface area contributed by atoms with E-state index in [1.54, 1.807) is 0 Å². The van der Waals surface area contributed by atoms with Crippen LogP contribution >= 0.6 is 34.8 Å². The smallest absolute Gasteiger partial charge is 0.322 e. The SMILES string of the molecule is CC(F)(F)C(=O)Nc1nc(Cl)c(Cl)cc1NC(=O)CCCCl. The zero-order valence-corrected chi connectivity index (χ0v) is 13.6. The van der Waals surface area contributed by atoms with Crippen molar-refractivity contribution in [1.29, 1.82) is 0 Å². The van der Waals surface area contributed by atoms with E-state index in [2.05, 4.69) is 10.3 Å². The molecule has 0 atom stereocenters. The first kappa shape index (κ1) is 18.9. The third-order valence-electron chi connectivity index (χ3n) is 2.38. The van der Waals surface area contributed by atoms with Crippen LogP contribution in [0.3, 0.4) is 0 Å². The highest BCUT2D eigenvalue weighted by Crippen LogP contribution is 2.30. The normalized spacial score (nSPS) is 11.2. The van der Waals surface area contributed by atoms with Crippen LogP contribution in [-0.2, 0) is 9.59 Å². The summed E-state index contributed by atoms with van der Waals surface area (Å²) < 4.78 is 25.9. The van der Waals surface area contributed by atoms with Gasteiger partial charge in [-0.25, -0.2) is 4.98 Å². The summed E-state index contributed by atoms with van der Waals surface area (Å²) in [5.41, 5.74) is -0.0356. The van der Waals surface area contributed by atoms with Crippen LogP contribution in [0.5, 0.6) is 0 Å². The Balaban J connectivity index is 3.02. The summed E-state index contributed by atoms with van der Waals surface area (Å²) in [5, 5.41) is 4.10. The zero-order chi connectivity index (χ0) is 16.9. The molecule has 2 N–H and O–H groups in total. The Labute approximate surface area is 140 Å². The summed E-state index contributed by atoms with van der Waals surface area (Å²) in [7, 11) is 0.